The van der Waals surface area contributed by atoms with Crippen molar-refractivity contribution in [1.29, 1.82) is 5.26 Å². The molecule has 6 nitrogen and oxygen atoms in total. The van der Waals surface area contributed by atoms with Crippen LogP contribution >= 0.6 is 15.9 Å². The Labute approximate surface area is 131 Å². The van der Waals surface area contributed by atoms with Crippen LogP contribution in [0.2, 0.25) is 0 Å². The molecule has 7 heteroatoms. The van der Waals surface area contributed by atoms with Gasteiger partial charge in [0.15, 0.2) is 0 Å². The average Bonchev–Trinajstić information content (AvgIpc) is 2.40. The number of carboxylic acid groups (broad SMARTS) is 1. The van der Waals surface area contributed by atoms with Crippen LogP contribution in [-0.4, -0.2) is 34.6 Å². The summed E-state index contributed by atoms with van der Waals surface area (Å²) in [6.45, 7) is 3.95. The van der Waals surface area contributed by atoms with Gasteiger partial charge in [0, 0.05) is 17.1 Å². The number of aromatic carboxylic acids is 1. The van der Waals surface area contributed by atoms with Gasteiger partial charge in [-0.15, -0.1) is 0 Å². The second-order valence-corrected chi connectivity index (χ2v) is 5.54. The van der Waals surface area contributed by atoms with Gasteiger partial charge in [0.05, 0.1) is 23.7 Å². The van der Waals surface area contributed by atoms with Crippen molar-refractivity contribution in [2.24, 2.45) is 0 Å². The highest BCUT2D eigenvalue weighted by molar-refractivity contribution is 9.10. The van der Waals surface area contributed by atoms with Gasteiger partial charge in [0.1, 0.15) is 0 Å². The Morgan fingerprint density at radius 3 is 2.67 bits per heavy atom. The fraction of sp³-hybridized carbons (Fsp3) is 0.357. The predicted octanol–water partition coefficient (Wildman–Crippen LogP) is 3.30. The summed E-state index contributed by atoms with van der Waals surface area (Å²) in [5, 5.41) is 20.4. The van der Waals surface area contributed by atoms with Gasteiger partial charge in [-0.25, -0.2) is 9.59 Å². The van der Waals surface area contributed by atoms with Crippen LogP contribution in [0.15, 0.2) is 22.7 Å². The maximum absolute atomic E-state index is 12.2. The smallest absolute Gasteiger partial charge is 0.337 e. The lowest BCUT2D eigenvalue weighted by Crippen LogP contribution is -2.40. The van der Waals surface area contributed by atoms with Crippen molar-refractivity contribution in [2.75, 3.05) is 11.9 Å². The largest absolute Gasteiger partial charge is 0.478 e. The van der Waals surface area contributed by atoms with E-state index < -0.39 is 12.0 Å². The van der Waals surface area contributed by atoms with E-state index in [-0.39, 0.29) is 23.7 Å². The van der Waals surface area contributed by atoms with E-state index in [1.807, 2.05) is 19.9 Å². The molecule has 0 saturated carbocycles. The van der Waals surface area contributed by atoms with Crippen molar-refractivity contribution >= 4 is 33.6 Å². The highest BCUT2D eigenvalue weighted by Crippen LogP contribution is 2.21. The fourth-order valence-electron chi connectivity index (χ4n) is 1.75. The molecular weight excluding hydrogens is 338 g/mol. The van der Waals surface area contributed by atoms with Gasteiger partial charge in [0.2, 0.25) is 0 Å². The summed E-state index contributed by atoms with van der Waals surface area (Å²) in [7, 11) is 0. The summed E-state index contributed by atoms with van der Waals surface area (Å²) in [6, 6.07) is 6.06. The highest BCUT2D eigenvalue weighted by atomic mass is 79.9. The number of nitriles is 1. The fourth-order valence-corrected chi connectivity index (χ4v) is 2.12. The summed E-state index contributed by atoms with van der Waals surface area (Å²) in [5.74, 6) is -1.13. The summed E-state index contributed by atoms with van der Waals surface area (Å²) < 4.78 is 0.614. The van der Waals surface area contributed by atoms with Crippen molar-refractivity contribution in [3.8, 4) is 6.07 Å². The number of anilines is 1. The Hall–Kier alpha value is -2.07. The molecule has 21 heavy (non-hydrogen) atoms. The number of halogens is 1. The van der Waals surface area contributed by atoms with Crippen LogP contribution in [0.5, 0.6) is 0 Å². The highest BCUT2D eigenvalue weighted by Gasteiger charge is 2.19. The van der Waals surface area contributed by atoms with Crippen LogP contribution in [-0.2, 0) is 0 Å². The van der Waals surface area contributed by atoms with Crippen LogP contribution in [0.1, 0.15) is 30.6 Å². The minimum absolute atomic E-state index is 0.00159. The molecule has 2 N–H and O–H groups in total. The number of amides is 2. The summed E-state index contributed by atoms with van der Waals surface area (Å²) >= 11 is 3.19. The van der Waals surface area contributed by atoms with Gasteiger partial charge in [-0.05, 0) is 32.0 Å². The zero-order chi connectivity index (χ0) is 16.0. The topological polar surface area (TPSA) is 93.4 Å². The van der Waals surface area contributed by atoms with Crippen molar-refractivity contribution in [2.45, 2.75) is 26.3 Å². The number of hydrogen-bond donors (Lipinski definition) is 2. The standard InChI is InChI=1S/C14H16BrN3O3/c1-9(2)18(7-3-6-16)14(21)17-12-5-4-10(15)8-11(12)13(19)20/h4-5,8-9H,3,7H2,1-2H3,(H,17,21)(H,19,20). The molecule has 0 fully saturated rings. The van der Waals surface area contributed by atoms with Gasteiger partial charge in [-0.3, -0.25) is 0 Å². The Morgan fingerprint density at radius 1 is 1.48 bits per heavy atom. The number of rotatable bonds is 5. The van der Waals surface area contributed by atoms with Gasteiger partial charge in [-0.2, -0.15) is 5.26 Å². The number of carbonyl (C=O) groups is 2. The SMILES string of the molecule is CC(C)N(CCC#N)C(=O)Nc1ccc(Br)cc1C(=O)O. The third-order valence-electron chi connectivity index (χ3n) is 2.80. The number of hydrogen-bond acceptors (Lipinski definition) is 3. The third-order valence-corrected chi connectivity index (χ3v) is 3.30. The Morgan fingerprint density at radius 2 is 2.14 bits per heavy atom. The number of carbonyl (C=O) groups excluding carboxylic acids is 1. The summed E-state index contributed by atoms with van der Waals surface area (Å²) in [4.78, 5) is 24.9. The van der Waals surface area contributed by atoms with E-state index in [2.05, 4.69) is 21.2 Å². The third kappa shape index (κ3) is 4.76. The first kappa shape index (κ1) is 17.0. The summed E-state index contributed by atoms with van der Waals surface area (Å²) in [6.07, 6.45) is 0.220. The molecule has 2 amide bonds. The monoisotopic (exact) mass is 353 g/mol. The van der Waals surface area contributed by atoms with E-state index in [0.717, 1.165) is 0 Å². The van der Waals surface area contributed by atoms with Crippen LogP contribution in [0.4, 0.5) is 10.5 Å². The van der Waals surface area contributed by atoms with E-state index >= 15 is 0 Å². The van der Waals surface area contributed by atoms with E-state index in [1.54, 1.807) is 6.07 Å². The molecule has 1 rings (SSSR count). The first-order chi connectivity index (χ1) is 9.86. The lowest BCUT2D eigenvalue weighted by molar-refractivity contribution is 0.0698. The summed E-state index contributed by atoms with van der Waals surface area (Å²) in [5.41, 5.74) is 0.222. The zero-order valence-corrected chi connectivity index (χ0v) is 13.3. The average molecular weight is 354 g/mol. The molecule has 1 aromatic rings. The van der Waals surface area contributed by atoms with Crippen molar-refractivity contribution in [1.82, 2.24) is 4.90 Å². The minimum atomic E-state index is -1.13. The molecule has 0 aromatic heterocycles. The molecule has 0 aliphatic carbocycles. The van der Waals surface area contributed by atoms with Gasteiger partial charge in [-0.1, -0.05) is 15.9 Å². The lowest BCUT2D eigenvalue weighted by atomic mass is 10.2. The minimum Gasteiger partial charge on any atom is -0.478 e. The molecule has 0 aliphatic heterocycles. The predicted molar refractivity (Wildman–Crippen MR) is 82.2 cm³/mol. The number of nitrogens with zero attached hydrogens (tertiary/aromatic N) is 2. The van der Waals surface area contributed by atoms with Crippen molar-refractivity contribution in [3.05, 3.63) is 28.2 Å². The molecule has 0 saturated heterocycles. The van der Waals surface area contributed by atoms with E-state index in [9.17, 15) is 9.59 Å². The molecule has 0 spiro atoms. The second kappa shape index (κ2) is 7.64. The maximum Gasteiger partial charge on any atom is 0.337 e. The van der Waals surface area contributed by atoms with Crippen LogP contribution in [0.3, 0.4) is 0 Å². The number of carboxylic acids is 1. The van der Waals surface area contributed by atoms with Gasteiger partial charge >= 0.3 is 12.0 Å². The molecular formula is C14H16BrN3O3. The van der Waals surface area contributed by atoms with Crippen molar-refractivity contribution in [3.63, 3.8) is 0 Å². The number of benzene rings is 1. The molecule has 0 radical (unpaired) electrons. The molecule has 0 atom stereocenters. The Bertz CT molecular complexity index is 581. The molecule has 0 heterocycles. The zero-order valence-electron chi connectivity index (χ0n) is 11.8. The molecule has 0 bridgehead atoms. The number of nitrogens with one attached hydrogen (secondary N) is 1. The van der Waals surface area contributed by atoms with Crippen LogP contribution in [0.25, 0.3) is 0 Å². The van der Waals surface area contributed by atoms with E-state index in [0.29, 0.717) is 11.0 Å². The first-order valence-electron chi connectivity index (χ1n) is 6.34. The second-order valence-electron chi connectivity index (χ2n) is 4.62. The Kier molecular flexibility index (Phi) is 6.18. The molecule has 1 aromatic carbocycles. The van der Waals surface area contributed by atoms with Gasteiger partial charge in [0.25, 0.3) is 0 Å². The lowest BCUT2D eigenvalue weighted by Gasteiger charge is -2.26. The van der Waals surface area contributed by atoms with Crippen molar-refractivity contribution < 1.29 is 14.7 Å². The van der Waals surface area contributed by atoms with E-state index in [4.69, 9.17) is 10.4 Å². The quantitative estimate of drug-likeness (QED) is 0.848. The molecule has 112 valence electrons. The maximum atomic E-state index is 12.2. The van der Waals surface area contributed by atoms with Crippen LogP contribution in [0, 0.1) is 11.3 Å². The first-order valence-corrected chi connectivity index (χ1v) is 7.13. The van der Waals surface area contributed by atoms with Gasteiger partial charge < -0.3 is 15.3 Å². The van der Waals surface area contributed by atoms with E-state index in [1.165, 1.54) is 17.0 Å². The normalized spacial score (nSPS) is 10.0. The van der Waals surface area contributed by atoms with Crippen LogP contribution < -0.4 is 5.32 Å². The number of urea groups is 1. The Balaban J connectivity index is 2.96. The molecule has 0 aliphatic rings. The molecule has 0 unspecified atom stereocenters.